The quantitative estimate of drug-likeness (QED) is 0.678. The minimum absolute atomic E-state index is 1.01. The van der Waals surface area contributed by atoms with Crippen molar-refractivity contribution in [2.75, 3.05) is 5.53 Å². The van der Waals surface area contributed by atoms with Gasteiger partial charge in [-0.05, 0) is 17.7 Å². The largest absolute Gasteiger partial charge is 0.221 e. The lowest BCUT2D eigenvalue weighted by molar-refractivity contribution is 0.754. The fraction of sp³-hybridized carbons (Fsp3) is 0. The molecule has 0 radical (unpaired) electrons. The Morgan fingerprint density at radius 2 is 2.13 bits per heavy atom. The van der Waals surface area contributed by atoms with Crippen molar-refractivity contribution < 1.29 is 0 Å². The number of hydrogen-bond acceptors (Lipinski definition) is 4. The van der Waals surface area contributed by atoms with Gasteiger partial charge in [-0.15, -0.1) is 9.89 Å². The molecule has 0 fully saturated rings. The first-order chi connectivity index (χ1) is 7.34. The highest BCUT2D eigenvalue weighted by Gasteiger charge is 1.88. The predicted molar refractivity (Wildman–Crippen MR) is 61.1 cm³/mol. The van der Waals surface area contributed by atoms with Crippen LogP contribution >= 0.6 is 15.9 Å². The van der Waals surface area contributed by atoms with Gasteiger partial charge < -0.3 is 0 Å². The van der Waals surface area contributed by atoms with Crippen LogP contribution in [0.1, 0.15) is 5.56 Å². The fourth-order valence-electron chi connectivity index (χ4n) is 0.971. The van der Waals surface area contributed by atoms with Crippen LogP contribution in [0.4, 0.5) is 0 Å². The van der Waals surface area contributed by atoms with Crippen molar-refractivity contribution in [2.24, 2.45) is 5.10 Å². The summed E-state index contributed by atoms with van der Waals surface area (Å²) in [7, 11) is 0. The first-order valence-electron chi connectivity index (χ1n) is 4.24. The molecular weight excluding hydrogens is 258 g/mol. The topological polar surface area (TPSA) is 55.1 Å². The summed E-state index contributed by atoms with van der Waals surface area (Å²) in [5.41, 5.74) is 3.69. The Bertz CT molecular complexity index is 434. The molecule has 0 spiro atoms. The Labute approximate surface area is 94.9 Å². The molecular formula is C9H8BrN5. The third kappa shape index (κ3) is 2.88. The molecule has 1 aromatic heterocycles. The normalized spacial score (nSPS) is 10.7. The van der Waals surface area contributed by atoms with Crippen molar-refractivity contribution in [3.63, 3.8) is 0 Å². The van der Waals surface area contributed by atoms with E-state index in [1.54, 1.807) is 6.21 Å². The molecule has 0 saturated heterocycles. The number of halogens is 1. The molecule has 0 saturated carbocycles. The van der Waals surface area contributed by atoms with Crippen LogP contribution in [-0.4, -0.2) is 21.1 Å². The molecule has 15 heavy (non-hydrogen) atoms. The fourth-order valence-corrected chi connectivity index (χ4v) is 1.24. The van der Waals surface area contributed by atoms with E-state index < -0.39 is 0 Å². The van der Waals surface area contributed by atoms with Gasteiger partial charge in [-0.3, -0.25) is 0 Å². The standard InChI is InChI=1S/C9H8BrN5/c10-9-3-1-8(2-4-9)5-12-14-15-7-11-6-13-15/h1-7,14H/b12-5-. The van der Waals surface area contributed by atoms with Gasteiger partial charge in [0.05, 0.1) is 6.21 Å². The van der Waals surface area contributed by atoms with Crippen molar-refractivity contribution in [3.05, 3.63) is 47.0 Å². The molecule has 0 bridgehead atoms. The van der Waals surface area contributed by atoms with E-state index in [0.717, 1.165) is 10.0 Å². The summed E-state index contributed by atoms with van der Waals surface area (Å²) in [4.78, 5) is 5.18. The highest BCUT2D eigenvalue weighted by Crippen LogP contribution is 2.08. The van der Waals surface area contributed by atoms with Crippen LogP contribution < -0.4 is 5.53 Å². The Morgan fingerprint density at radius 1 is 1.33 bits per heavy atom. The molecule has 1 heterocycles. The molecule has 1 N–H and O–H groups in total. The summed E-state index contributed by atoms with van der Waals surface area (Å²) in [6.07, 6.45) is 4.66. The molecule has 0 atom stereocenters. The monoisotopic (exact) mass is 265 g/mol. The summed E-state index contributed by atoms with van der Waals surface area (Å²) in [6, 6.07) is 7.82. The summed E-state index contributed by atoms with van der Waals surface area (Å²) >= 11 is 3.36. The van der Waals surface area contributed by atoms with E-state index in [1.165, 1.54) is 17.4 Å². The maximum Gasteiger partial charge on any atom is 0.139 e. The van der Waals surface area contributed by atoms with Gasteiger partial charge in [0.15, 0.2) is 0 Å². The smallest absolute Gasteiger partial charge is 0.139 e. The Morgan fingerprint density at radius 3 is 2.80 bits per heavy atom. The predicted octanol–water partition coefficient (Wildman–Crippen LogP) is 1.62. The van der Waals surface area contributed by atoms with E-state index in [4.69, 9.17) is 0 Å². The molecule has 0 aliphatic rings. The molecule has 1 aromatic carbocycles. The summed E-state index contributed by atoms with van der Waals surface area (Å²) in [5.74, 6) is 0. The van der Waals surface area contributed by atoms with E-state index >= 15 is 0 Å². The summed E-state index contributed by atoms with van der Waals surface area (Å²) < 4.78 is 1.05. The van der Waals surface area contributed by atoms with Crippen LogP contribution in [0, 0.1) is 0 Å². The van der Waals surface area contributed by atoms with Gasteiger partial charge in [0.2, 0.25) is 0 Å². The average molecular weight is 266 g/mol. The number of hydrogen-bond donors (Lipinski definition) is 1. The zero-order valence-corrected chi connectivity index (χ0v) is 9.29. The lowest BCUT2D eigenvalue weighted by atomic mass is 10.2. The van der Waals surface area contributed by atoms with E-state index in [9.17, 15) is 0 Å². The Hall–Kier alpha value is -1.69. The third-order valence-electron chi connectivity index (χ3n) is 1.66. The van der Waals surface area contributed by atoms with Crippen LogP contribution in [0.15, 0.2) is 46.5 Å². The van der Waals surface area contributed by atoms with Gasteiger partial charge in [-0.1, -0.05) is 28.1 Å². The van der Waals surface area contributed by atoms with Crippen molar-refractivity contribution in [3.8, 4) is 0 Å². The van der Waals surface area contributed by atoms with Crippen molar-refractivity contribution in [2.45, 2.75) is 0 Å². The first-order valence-corrected chi connectivity index (χ1v) is 5.03. The molecule has 5 nitrogen and oxygen atoms in total. The second kappa shape index (κ2) is 4.70. The maximum absolute atomic E-state index is 3.98. The number of hydrazone groups is 1. The van der Waals surface area contributed by atoms with Gasteiger partial charge in [0.1, 0.15) is 12.7 Å². The molecule has 0 amide bonds. The van der Waals surface area contributed by atoms with Gasteiger partial charge in [0, 0.05) is 4.47 Å². The molecule has 0 aliphatic heterocycles. The van der Waals surface area contributed by atoms with Crippen LogP contribution in [0.3, 0.4) is 0 Å². The van der Waals surface area contributed by atoms with Crippen LogP contribution in [0.5, 0.6) is 0 Å². The minimum atomic E-state index is 1.01. The molecule has 76 valence electrons. The molecule has 6 heteroatoms. The highest BCUT2D eigenvalue weighted by atomic mass is 79.9. The first kappa shape index (κ1) is 9.85. The number of benzene rings is 1. The second-order valence-corrected chi connectivity index (χ2v) is 3.67. The Kier molecular flexibility index (Phi) is 3.08. The van der Waals surface area contributed by atoms with Crippen LogP contribution in [0.2, 0.25) is 0 Å². The number of aromatic nitrogens is 3. The minimum Gasteiger partial charge on any atom is -0.221 e. The van der Waals surface area contributed by atoms with Gasteiger partial charge >= 0.3 is 0 Å². The number of rotatable bonds is 3. The average Bonchev–Trinajstić information content (AvgIpc) is 2.74. The summed E-state index contributed by atoms with van der Waals surface area (Å²) in [5, 5.41) is 7.82. The van der Waals surface area contributed by atoms with Crippen molar-refractivity contribution in [1.82, 2.24) is 14.9 Å². The summed E-state index contributed by atoms with van der Waals surface area (Å²) in [6.45, 7) is 0. The zero-order valence-electron chi connectivity index (χ0n) is 7.71. The number of nitrogens with zero attached hydrogens (tertiary/aromatic N) is 4. The SMILES string of the molecule is Brc1ccc(/C=N\Nn2cncn2)cc1. The molecule has 2 aromatic rings. The van der Waals surface area contributed by atoms with Crippen LogP contribution in [0.25, 0.3) is 0 Å². The lowest BCUT2D eigenvalue weighted by Crippen LogP contribution is -2.08. The molecule has 0 aliphatic carbocycles. The van der Waals surface area contributed by atoms with Crippen molar-refractivity contribution in [1.29, 1.82) is 0 Å². The highest BCUT2D eigenvalue weighted by molar-refractivity contribution is 9.10. The molecule has 2 rings (SSSR count). The molecule has 0 unspecified atom stereocenters. The second-order valence-electron chi connectivity index (χ2n) is 2.75. The van der Waals surface area contributed by atoms with E-state index in [2.05, 4.69) is 36.6 Å². The van der Waals surface area contributed by atoms with Gasteiger partial charge in [-0.2, -0.15) is 10.6 Å². The lowest BCUT2D eigenvalue weighted by Gasteiger charge is -1.96. The van der Waals surface area contributed by atoms with E-state index in [-0.39, 0.29) is 0 Å². The number of nitrogens with one attached hydrogen (secondary N) is 1. The van der Waals surface area contributed by atoms with Crippen molar-refractivity contribution >= 4 is 22.1 Å². The van der Waals surface area contributed by atoms with Gasteiger partial charge in [-0.25, -0.2) is 4.98 Å². The zero-order chi connectivity index (χ0) is 10.5. The van der Waals surface area contributed by atoms with E-state index in [1.807, 2.05) is 24.3 Å². The third-order valence-corrected chi connectivity index (χ3v) is 2.19. The van der Waals surface area contributed by atoms with Gasteiger partial charge in [0.25, 0.3) is 0 Å². The maximum atomic E-state index is 3.98. The Balaban J connectivity index is 1.97. The van der Waals surface area contributed by atoms with E-state index in [0.29, 0.717) is 0 Å². The van der Waals surface area contributed by atoms with Crippen LogP contribution in [-0.2, 0) is 0 Å².